The van der Waals surface area contributed by atoms with Gasteiger partial charge in [-0.2, -0.15) is 0 Å². The van der Waals surface area contributed by atoms with Crippen molar-refractivity contribution in [2.24, 2.45) is 0 Å². The van der Waals surface area contributed by atoms with Crippen LogP contribution >= 0.6 is 34.4 Å². The Labute approximate surface area is 171 Å². The summed E-state index contributed by atoms with van der Waals surface area (Å²) in [4.78, 5) is 29.9. The first-order valence-electron chi connectivity index (χ1n) is 9.20. The monoisotopic (exact) mass is 422 g/mol. The molecule has 3 heterocycles. The Bertz CT molecular complexity index is 845. The fourth-order valence-corrected chi connectivity index (χ4v) is 6.35. The Morgan fingerprint density at radius 3 is 2.89 bits per heavy atom. The third kappa shape index (κ3) is 3.90. The smallest absolute Gasteiger partial charge is 0.233 e. The molecule has 1 unspecified atom stereocenters. The summed E-state index contributed by atoms with van der Waals surface area (Å²) < 4.78 is 0.742. The van der Waals surface area contributed by atoms with Gasteiger partial charge in [-0.1, -0.05) is 30.0 Å². The van der Waals surface area contributed by atoms with Crippen molar-refractivity contribution in [3.63, 3.8) is 0 Å². The van der Waals surface area contributed by atoms with Gasteiger partial charge in [-0.3, -0.25) is 14.5 Å². The van der Waals surface area contributed by atoms with Crippen LogP contribution in [0.1, 0.15) is 49.6 Å². The quantitative estimate of drug-likeness (QED) is 0.524. The molecule has 2 aromatic rings. The lowest BCUT2D eigenvalue weighted by molar-refractivity contribution is -0.131. The van der Waals surface area contributed by atoms with Crippen LogP contribution in [0.4, 0.5) is 5.13 Å². The first kappa shape index (κ1) is 18.9. The number of anilines is 1. The highest BCUT2D eigenvalue weighted by Crippen LogP contribution is 2.37. The lowest BCUT2D eigenvalue weighted by Gasteiger charge is -2.35. The first-order chi connectivity index (χ1) is 13.1. The molecule has 0 radical (unpaired) electrons. The van der Waals surface area contributed by atoms with Crippen molar-refractivity contribution in [3.8, 4) is 0 Å². The number of carbonyl (C=O) groups is 2. The maximum absolute atomic E-state index is 12.8. The van der Waals surface area contributed by atoms with E-state index in [9.17, 15) is 9.59 Å². The van der Waals surface area contributed by atoms with Crippen molar-refractivity contribution >= 4 is 51.4 Å². The Balaban J connectivity index is 1.39. The number of amides is 2. The fraction of sp³-hybridized carbons (Fsp3) is 0.556. The van der Waals surface area contributed by atoms with E-state index in [0.717, 1.165) is 36.6 Å². The van der Waals surface area contributed by atoms with Gasteiger partial charge in [0, 0.05) is 24.4 Å². The van der Waals surface area contributed by atoms with Crippen molar-refractivity contribution in [2.45, 2.75) is 56.0 Å². The van der Waals surface area contributed by atoms with Gasteiger partial charge in [0.15, 0.2) is 4.34 Å². The van der Waals surface area contributed by atoms with Crippen LogP contribution in [0.15, 0.2) is 15.8 Å². The summed E-state index contributed by atoms with van der Waals surface area (Å²) in [6.07, 6.45) is 3.92. The summed E-state index contributed by atoms with van der Waals surface area (Å²) >= 11 is 4.61. The van der Waals surface area contributed by atoms with E-state index in [0.29, 0.717) is 10.9 Å². The van der Waals surface area contributed by atoms with E-state index in [1.165, 1.54) is 33.5 Å². The number of rotatable bonds is 6. The molecular weight excluding hydrogens is 400 g/mol. The van der Waals surface area contributed by atoms with E-state index in [1.807, 2.05) is 4.90 Å². The van der Waals surface area contributed by atoms with Crippen molar-refractivity contribution in [1.82, 2.24) is 15.1 Å². The minimum atomic E-state index is 0.00643. The molecule has 1 atom stereocenters. The predicted molar refractivity (Wildman–Crippen MR) is 110 cm³/mol. The second-order valence-corrected chi connectivity index (χ2v) is 10.00. The third-order valence-electron chi connectivity index (χ3n) is 4.97. The number of thiophene rings is 1. The van der Waals surface area contributed by atoms with E-state index >= 15 is 0 Å². The molecule has 4 rings (SSSR count). The van der Waals surface area contributed by atoms with Crippen LogP contribution in [-0.4, -0.2) is 45.3 Å². The molecule has 1 aliphatic heterocycles. The van der Waals surface area contributed by atoms with Crippen LogP contribution in [0.2, 0.25) is 0 Å². The summed E-state index contributed by atoms with van der Waals surface area (Å²) in [6.45, 7) is 4.48. The van der Waals surface area contributed by atoms with Crippen LogP contribution in [0.5, 0.6) is 0 Å². The molecule has 144 valence electrons. The molecule has 1 saturated carbocycles. The second-order valence-electron chi connectivity index (χ2n) is 6.82. The minimum Gasteiger partial charge on any atom is -0.335 e. The Morgan fingerprint density at radius 2 is 2.19 bits per heavy atom. The summed E-state index contributed by atoms with van der Waals surface area (Å²) in [5.41, 5.74) is 1.31. The van der Waals surface area contributed by atoms with E-state index in [4.69, 9.17) is 0 Å². The molecule has 0 aromatic carbocycles. The number of fused-ring (bicyclic) bond motifs is 1. The van der Waals surface area contributed by atoms with Gasteiger partial charge in [0.25, 0.3) is 0 Å². The van der Waals surface area contributed by atoms with Crippen molar-refractivity contribution in [3.05, 3.63) is 21.9 Å². The molecule has 0 saturated heterocycles. The maximum atomic E-state index is 12.8. The highest BCUT2D eigenvalue weighted by Gasteiger charge is 2.34. The van der Waals surface area contributed by atoms with Crippen LogP contribution < -0.4 is 4.90 Å². The van der Waals surface area contributed by atoms with Crippen LogP contribution in [0, 0.1) is 0 Å². The SMILES string of the molecule is CCC1c2ccsc2CCN1C(=O)CSc1nnc(N(C(C)=O)C2CC2)s1. The minimum absolute atomic E-state index is 0.00643. The Kier molecular flexibility index (Phi) is 5.52. The van der Waals surface area contributed by atoms with Gasteiger partial charge in [-0.25, -0.2) is 0 Å². The summed E-state index contributed by atoms with van der Waals surface area (Å²) in [5.74, 6) is 0.506. The standard InChI is InChI=1S/C18H22N4O2S3/c1-3-14-13-7-9-25-15(13)6-8-21(14)16(24)10-26-18-20-19-17(27-18)22(11(2)23)12-4-5-12/h7,9,12,14H,3-6,8,10H2,1-2H3. The van der Waals surface area contributed by atoms with Crippen LogP contribution in [0.3, 0.4) is 0 Å². The molecule has 2 aromatic heterocycles. The number of hydrogen-bond acceptors (Lipinski definition) is 7. The zero-order chi connectivity index (χ0) is 19.0. The predicted octanol–water partition coefficient (Wildman–Crippen LogP) is 3.74. The molecule has 0 spiro atoms. The van der Waals surface area contributed by atoms with Gasteiger partial charge in [0.2, 0.25) is 16.9 Å². The van der Waals surface area contributed by atoms with Crippen molar-refractivity contribution < 1.29 is 9.59 Å². The average molecular weight is 423 g/mol. The summed E-state index contributed by atoms with van der Waals surface area (Å²) in [5, 5.41) is 11.1. The molecule has 2 aliphatic rings. The van der Waals surface area contributed by atoms with Crippen molar-refractivity contribution in [2.75, 3.05) is 17.2 Å². The van der Waals surface area contributed by atoms with Gasteiger partial charge in [-0.05, 0) is 42.7 Å². The van der Waals surface area contributed by atoms with Gasteiger partial charge >= 0.3 is 0 Å². The van der Waals surface area contributed by atoms with E-state index in [2.05, 4.69) is 28.6 Å². The number of thioether (sulfide) groups is 1. The van der Waals surface area contributed by atoms with Crippen LogP contribution in [-0.2, 0) is 16.0 Å². The number of carbonyl (C=O) groups excluding carboxylic acids is 2. The molecule has 27 heavy (non-hydrogen) atoms. The molecule has 1 aliphatic carbocycles. The maximum Gasteiger partial charge on any atom is 0.233 e. The van der Waals surface area contributed by atoms with Gasteiger partial charge in [0.1, 0.15) is 0 Å². The molecule has 0 bridgehead atoms. The Morgan fingerprint density at radius 1 is 1.37 bits per heavy atom. The highest BCUT2D eigenvalue weighted by atomic mass is 32.2. The zero-order valence-electron chi connectivity index (χ0n) is 15.4. The van der Waals surface area contributed by atoms with Crippen LogP contribution in [0.25, 0.3) is 0 Å². The lowest BCUT2D eigenvalue weighted by atomic mass is 9.98. The molecule has 6 nitrogen and oxygen atoms in total. The molecular formula is C18H22N4O2S3. The largest absolute Gasteiger partial charge is 0.335 e. The zero-order valence-corrected chi connectivity index (χ0v) is 17.8. The Hall–Kier alpha value is -1.45. The molecule has 1 fully saturated rings. The molecule has 9 heteroatoms. The second kappa shape index (κ2) is 7.89. The number of nitrogens with zero attached hydrogens (tertiary/aromatic N) is 4. The number of hydrogen-bond donors (Lipinski definition) is 0. The van der Waals surface area contributed by atoms with E-state index in [-0.39, 0.29) is 23.9 Å². The first-order valence-corrected chi connectivity index (χ1v) is 11.9. The third-order valence-corrected chi connectivity index (χ3v) is 8.01. The van der Waals surface area contributed by atoms with E-state index in [1.54, 1.807) is 23.2 Å². The summed E-state index contributed by atoms with van der Waals surface area (Å²) in [7, 11) is 0. The van der Waals surface area contributed by atoms with Gasteiger partial charge in [-0.15, -0.1) is 21.5 Å². The highest BCUT2D eigenvalue weighted by molar-refractivity contribution is 8.01. The fourth-order valence-electron chi connectivity index (χ4n) is 3.58. The summed E-state index contributed by atoms with van der Waals surface area (Å²) in [6, 6.07) is 2.61. The normalized spacial score (nSPS) is 19.0. The lowest BCUT2D eigenvalue weighted by Crippen LogP contribution is -2.40. The topological polar surface area (TPSA) is 66.4 Å². The van der Waals surface area contributed by atoms with Gasteiger partial charge < -0.3 is 4.90 Å². The van der Waals surface area contributed by atoms with E-state index < -0.39 is 0 Å². The molecule has 2 amide bonds. The van der Waals surface area contributed by atoms with Gasteiger partial charge in [0.05, 0.1) is 11.8 Å². The number of aromatic nitrogens is 2. The van der Waals surface area contributed by atoms with Crippen molar-refractivity contribution in [1.29, 1.82) is 0 Å². The molecule has 0 N–H and O–H groups in total. The average Bonchev–Trinajstić information content (AvgIpc) is 3.17.